The maximum atomic E-state index is 15.3. The lowest BCUT2D eigenvalue weighted by Crippen LogP contribution is -2.31. The zero-order valence-corrected chi connectivity index (χ0v) is 23.2. The summed E-state index contributed by atoms with van der Waals surface area (Å²) in [6.45, 7) is -0.356. The van der Waals surface area contributed by atoms with Gasteiger partial charge in [-0.1, -0.05) is 52.5 Å². The minimum absolute atomic E-state index is 0.0355. The molecular weight excluding hydrogens is 595 g/mol. The SMILES string of the molecule is Cn1nc2c(c1Cc1ccc(Cl)cc1Cl)/C(=C(\F)CNC(=O)CS(=O)(=O)c1cc(Cl)c(Cl)s1)COC2. The van der Waals surface area contributed by atoms with Crippen LogP contribution in [-0.2, 0) is 39.4 Å². The second kappa shape index (κ2) is 11.0. The number of carbonyl (C=O) groups is 1. The fourth-order valence-corrected chi connectivity index (χ4v) is 7.31. The highest BCUT2D eigenvalue weighted by Crippen LogP contribution is 2.35. The van der Waals surface area contributed by atoms with Gasteiger partial charge < -0.3 is 10.1 Å². The number of amides is 1. The smallest absolute Gasteiger partial charge is 0.235 e. The number of aromatic nitrogens is 2. The molecule has 0 fully saturated rings. The fraction of sp³-hybridized carbons (Fsp3) is 0.273. The first-order valence-electron chi connectivity index (χ1n) is 10.3. The molecule has 0 aliphatic carbocycles. The summed E-state index contributed by atoms with van der Waals surface area (Å²) in [5.41, 5.74) is 2.85. The zero-order chi connectivity index (χ0) is 26.2. The van der Waals surface area contributed by atoms with E-state index in [-0.39, 0.29) is 32.4 Å². The quantitative estimate of drug-likeness (QED) is 0.381. The van der Waals surface area contributed by atoms with Crippen LogP contribution in [0.1, 0.15) is 22.5 Å². The van der Waals surface area contributed by atoms with Gasteiger partial charge in [0.15, 0.2) is 9.84 Å². The van der Waals surface area contributed by atoms with E-state index in [0.717, 1.165) is 16.9 Å². The monoisotopic (exact) mass is 611 g/mol. The van der Waals surface area contributed by atoms with Crippen molar-refractivity contribution in [3.05, 3.63) is 72.0 Å². The number of hydrogen-bond donors (Lipinski definition) is 1. The van der Waals surface area contributed by atoms with Gasteiger partial charge in [0, 0.05) is 34.7 Å². The molecule has 36 heavy (non-hydrogen) atoms. The predicted molar refractivity (Wildman–Crippen MR) is 140 cm³/mol. The van der Waals surface area contributed by atoms with Gasteiger partial charge in [0.25, 0.3) is 0 Å². The van der Waals surface area contributed by atoms with Crippen LogP contribution in [-0.4, -0.2) is 43.0 Å². The third-order valence-electron chi connectivity index (χ3n) is 5.42. The van der Waals surface area contributed by atoms with Crippen LogP contribution in [0.3, 0.4) is 0 Å². The number of rotatable bonds is 7. The van der Waals surface area contributed by atoms with Gasteiger partial charge >= 0.3 is 0 Å². The Labute approximate surface area is 230 Å². The number of halogens is 5. The Kier molecular flexibility index (Phi) is 8.35. The number of benzene rings is 1. The first-order valence-corrected chi connectivity index (χ1v) is 14.3. The molecule has 1 aromatic carbocycles. The van der Waals surface area contributed by atoms with Crippen molar-refractivity contribution in [2.24, 2.45) is 7.05 Å². The first kappa shape index (κ1) is 27.4. The molecule has 0 unspecified atom stereocenters. The molecule has 4 rings (SSSR count). The minimum atomic E-state index is -3.99. The Bertz CT molecular complexity index is 1460. The molecule has 3 aromatic rings. The normalized spacial score (nSPS) is 15.1. The molecule has 192 valence electrons. The number of carbonyl (C=O) groups excluding carboxylic acids is 1. The van der Waals surface area contributed by atoms with Gasteiger partial charge in [0.05, 0.1) is 36.2 Å². The second-order valence-corrected chi connectivity index (χ2v) is 13.0. The molecular formula is C22H18Cl4FN3O4S2. The van der Waals surface area contributed by atoms with Crippen LogP contribution in [0.25, 0.3) is 5.57 Å². The van der Waals surface area contributed by atoms with Crippen LogP contribution in [0.2, 0.25) is 19.4 Å². The highest BCUT2D eigenvalue weighted by atomic mass is 35.5. The lowest BCUT2D eigenvalue weighted by Gasteiger charge is -2.18. The number of nitrogens with zero attached hydrogens (tertiary/aromatic N) is 2. The second-order valence-electron chi connectivity index (χ2n) is 7.90. The number of hydrogen-bond acceptors (Lipinski definition) is 6. The molecule has 14 heteroatoms. The third kappa shape index (κ3) is 5.91. The fourth-order valence-electron chi connectivity index (χ4n) is 3.71. The summed E-state index contributed by atoms with van der Waals surface area (Å²) in [6.07, 6.45) is 0.363. The molecule has 1 N–H and O–H groups in total. The van der Waals surface area contributed by atoms with Gasteiger partial charge in [-0.05, 0) is 23.8 Å². The summed E-state index contributed by atoms with van der Waals surface area (Å²) < 4.78 is 47.3. The van der Waals surface area contributed by atoms with Crippen LogP contribution in [0.15, 0.2) is 34.3 Å². The molecule has 0 saturated heterocycles. The van der Waals surface area contributed by atoms with Crippen molar-refractivity contribution >= 4 is 79.1 Å². The highest BCUT2D eigenvalue weighted by molar-refractivity contribution is 7.94. The average molecular weight is 613 g/mol. The summed E-state index contributed by atoms with van der Waals surface area (Å²) >= 11 is 24.7. The van der Waals surface area contributed by atoms with Crippen LogP contribution >= 0.6 is 57.7 Å². The first-order chi connectivity index (χ1) is 17.0. The Balaban J connectivity index is 1.54. The molecule has 1 amide bonds. The maximum Gasteiger partial charge on any atom is 0.235 e. The number of fused-ring (bicyclic) bond motifs is 1. The summed E-state index contributed by atoms with van der Waals surface area (Å²) in [4.78, 5) is 12.3. The van der Waals surface area contributed by atoms with Gasteiger partial charge in [-0.2, -0.15) is 5.10 Å². The van der Waals surface area contributed by atoms with Crippen LogP contribution in [0.4, 0.5) is 4.39 Å². The molecule has 1 aliphatic rings. The maximum absolute atomic E-state index is 15.3. The molecule has 0 bridgehead atoms. The van der Waals surface area contributed by atoms with Crippen molar-refractivity contribution in [3.8, 4) is 0 Å². The number of ether oxygens (including phenoxy) is 1. The van der Waals surface area contributed by atoms with Crippen molar-refractivity contribution < 1.29 is 22.3 Å². The van der Waals surface area contributed by atoms with E-state index >= 15 is 4.39 Å². The predicted octanol–water partition coefficient (Wildman–Crippen LogP) is 5.49. The van der Waals surface area contributed by atoms with Crippen molar-refractivity contribution in [1.82, 2.24) is 15.1 Å². The van der Waals surface area contributed by atoms with E-state index in [1.807, 2.05) is 0 Å². The summed E-state index contributed by atoms with van der Waals surface area (Å²) in [5, 5.41) is 7.82. The summed E-state index contributed by atoms with van der Waals surface area (Å²) in [5.74, 6) is -2.42. The highest BCUT2D eigenvalue weighted by Gasteiger charge is 2.28. The number of thiophene rings is 1. The van der Waals surface area contributed by atoms with Crippen LogP contribution in [0.5, 0.6) is 0 Å². The topological polar surface area (TPSA) is 90.3 Å². The van der Waals surface area contributed by atoms with Crippen LogP contribution < -0.4 is 5.32 Å². The zero-order valence-electron chi connectivity index (χ0n) is 18.6. The largest absolute Gasteiger partial charge is 0.370 e. The Morgan fingerprint density at radius 1 is 1.19 bits per heavy atom. The van der Waals surface area contributed by atoms with E-state index in [1.54, 1.807) is 29.9 Å². The molecule has 0 spiro atoms. The van der Waals surface area contributed by atoms with Crippen molar-refractivity contribution in [2.45, 2.75) is 17.2 Å². The molecule has 1 aliphatic heterocycles. The molecule has 7 nitrogen and oxygen atoms in total. The van der Waals surface area contributed by atoms with Gasteiger partial charge in [0.2, 0.25) is 5.91 Å². The van der Waals surface area contributed by atoms with E-state index in [4.69, 9.17) is 51.1 Å². The minimum Gasteiger partial charge on any atom is -0.370 e. The van der Waals surface area contributed by atoms with Gasteiger partial charge in [0.1, 0.15) is 20.1 Å². The third-order valence-corrected chi connectivity index (χ3v) is 10.0. The van der Waals surface area contributed by atoms with Crippen molar-refractivity contribution in [3.63, 3.8) is 0 Å². The molecule has 0 saturated carbocycles. The van der Waals surface area contributed by atoms with E-state index < -0.39 is 33.9 Å². The van der Waals surface area contributed by atoms with E-state index in [2.05, 4.69) is 10.4 Å². The lowest BCUT2D eigenvalue weighted by molar-refractivity contribution is -0.118. The molecule has 3 heterocycles. The Hall–Kier alpha value is -1.66. The number of sulfone groups is 1. The molecule has 0 atom stereocenters. The van der Waals surface area contributed by atoms with E-state index in [9.17, 15) is 13.2 Å². The summed E-state index contributed by atoms with van der Waals surface area (Å²) in [7, 11) is -2.25. The molecule has 2 aromatic heterocycles. The lowest BCUT2D eigenvalue weighted by atomic mass is 9.97. The van der Waals surface area contributed by atoms with Gasteiger partial charge in [-0.25, -0.2) is 12.8 Å². The Morgan fingerprint density at radius 2 is 1.94 bits per heavy atom. The Morgan fingerprint density at radius 3 is 2.61 bits per heavy atom. The van der Waals surface area contributed by atoms with Crippen molar-refractivity contribution in [2.75, 3.05) is 18.9 Å². The standard InChI is InChI=1S/C22H18Cl4FN3O4S2/c1-30-18(4-11-2-3-12(23)5-14(11)24)21-13(8-34-9-17(21)29-30)16(27)7-28-19(31)10-36(32,33)20-6-15(25)22(26)35-20/h2-3,5-6H,4,7-10H2,1H3,(H,28,31)/b16-13-. The number of aryl methyl sites for hydroxylation is 1. The summed E-state index contributed by atoms with van der Waals surface area (Å²) in [6, 6.07) is 6.31. The average Bonchev–Trinajstić information content (AvgIpc) is 3.32. The van der Waals surface area contributed by atoms with E-state index in [0.29, 0.717) is 33.4 Å². The van der Waals surface area contributed by atoms with Gasteiger partial charge in [-0.3, -0.25) is 9.48 Å². The van der Waals surface area contributed by atoms with E-state index in [1.165, 1.54) is 6.07 Å². The van der Waals surface area contributed by atoms with Crippen LogP contribution in [0, 0.1) is 0 Å². The van der Waals surface area contributed by atoms with Crippen molar-refractivity contribution in [1.29, 1.82) is 0 Å². The van der Waals surface area contributed by atoms with Gasteiger partial charge in [-0.15, -0.1) is 11.3 Å². The molecule has 0 radical (unpaired) electrons. The number of nitrogens with one attached hydrogen (secondary N) is 1.